The SMILES string of the molecule is O=C(/C=C/c1ccc(Cl)c(Cl)c1)N[C@@H](Cc1ccccc1)C(=O)O. The standard InChI is InChI=1S/C18H15Cl2NO3/c19-14-8-6-13(10-15(14)20)7-9-17(22)21-16(18(23)24)11-12-4-2-1-3-5-12/h1-10,16H,11H2,(H,21,22)(H,23,24)/b9-7+/t16-/m0/s1. The molecule has 0 aliphatic carbocycles. The molecule has 0 bridgehead atoms. The maximum absolute atomic E-state index is 12.0. The molecule has 0 saturated heterocycles. The molecular formula is C18H15Cl2NO3. The Bertz CT molecular complexity index is 760. The van der Waals surface area contributed by atoms with E-state index in [0.29, 0.717) is 15.6 Å². The highest BCUT2D eigenvalue weighted by Gasteiger charge is 2.19. The van der Waals surface area contributed by atoms with E-state index in [4.69, 9.17) is 23.2 Å². The van der Waals surface area contributed by atoms with E-state index in [-0.39, 0.29) is 6.42 Å². The zero-order valence-electron chi connectivity index (χ0n) is 12.6. The van der Waals surface area contributed by atoms with Crippen molar-refractivity contribution >= 4 is 41.2 Å². The number of benzene rings is 2. The summed E-state index contributed by atoms with van der Waals surface area (Å²) < 4.78 is 0. The molecule has 2 aromatic carbocycles. The van der Waals surface area contributed by atoms with Crippen LogP contribution >= 0.6 is 23.2 Å². The van der Waals surface area contributed by atoms with Gasteiger partial charge in [-0.05, 0) is 29.3 Å². The molecule has 124 valence electrons. The van der Waals surface area contributed by atoms with E-state index in [2.05, 4.69) is 5.32 Å². The molecule has 0 spiro atoms. The van der Waals surface area contributed by atoms with Gasteiger partial charge in [-0.3, -0.25) is 4.79 Å². The van der Waals surface area contributed by atoms with Gasteiger partial charge in [0.1, 0.15) is 6.04 Å². The van der Waals surface area contributed by atoms with Gasteiger partial charge >= 0.3 is 5.97 Å². The van der Waals surface area contributed by atoms with Gasteiger partial charge in [-0.2, -0.15) is 0 Å². The first kappa shape index (κ1) is 18.0. The number of aliphatic carboxylic acids is 1. The summed E-state index contributed by atoms with van der Waals surface area (Å²) >= 11 is 11.7. The summed E-state index contributed by atoms with van der Waals surface area (Å²) in [5.41, 5.74) is 1.52. The van der Waals surface area contributed by atoms with Crippen molar-refractivity contribution in [3.63, 3.8) is 0 Å². The van der Waals surface area contributed by atoms with E-state index in [0.717, 1.165) is 5.56 Å². The van der Waals surface area contributed by atoms with E-state index in [1.807, 2.05) is 30.3 Å². The number of hydrogen-bond acceptors (Lipinski definition) is 2. The van der Waals surface area contributed by atoms with Gasteiger partial charge in [-0.25, -0.2) is 4.79 Å². The molecule has 0 heterocycles. The molecule has 2 N–H and O–H groups in total. The van der Waals surface area contributed by atoms with Crippen LogP contribution in [0.4, 0.5) is 0 Å². The quantitative estimate of drug-likeness (QED) is 0.766. The smallest absolute Gasteiger partial charge is 0.326 e. The summed E-state index contributed by atoms with van der Waals surface area (Å²) in [7, 11) is 0. The zero-order chi connectivity index (χ0) is 17.5. The minimum Gasteiger partial charge on any atom is -0.480 e. The van der Waals surface area contributed by atoms with Crippen LogP contribution in [0.3, 0.4) is 0 Å². The minimum absolute atomic E-state index is 0.211. The van der Waals surface area contributed by atoms with Crippen LogP contribution in [0.15, 0.2) is 54.6 Å². The lowest BCUT2D eigenvalue weighted by molar-refractivity contribution is -0.141. The number of carbonyl (C=O) groups is 2. The van der Waals surface area contributed by atoms with Crippen LogP contribution in [0.1, 0.15) is 11.1 Å². The molecule has 0 fully saturated rings. The number of carboxylic acid groups (broad SMARTS) is 1. The average Bonchev–Trinajstić information content (AvgIpc) is 2.56. The Morgan fingerprint density at radius 1 is 1.08 bits per heavy atom. The number of carboxylic acids is 1. The van der Waals surface area contributed by atoms with Gasteiger partial charge in [0.15, 0.2) is 0 Å². The fourth-order valence-corrected chi connectivity index (χ4v) is 2.36. The summed E-state index contributed by atoms with van der Waals surface area (Å²) in [6.07, 6.45) is 3.02. The Balaban J connectivity index is 2.01. The lowest BCUT2D eigenvalue weighted by Crippen LogP contribution is -2.41. The van der Waals surface area contributed by atoms with Gasteiger partial charge in [-0.15, -0.1) is 0 Å². The Kier molecular flexibility index (Phi) is 6.41. The molecule has 2 rings (SSSR count). The normalized spacial score (nSPS) is 12.1. The zero-order valence-corrected chi connectivity index (χ0v) is 14.1. The van der Waals surface area contributed by atoms with E-state index in [1.54, 1.807) is 24.3 Å². The first-order chi connectivity index (χ1) is 11.5. The highest BCUT2D eigenvalue weighted by atomic mass is 35.5. The van der Waals surface area contributed by atoms with E-state index < -0.39 is 17.9 Å². The Morgan fingerprint density at radius 3 is 2.42 bits per heavy atom. The molecule has 6 heteroatoms. The fraction of sp³-hybridized carbons (Fsp3) is 0.111. The van der Waals surface area contributed by atoms with Gasteiger partial charge in [0.2, 0.25) is 5.91 Å². The van der Waals surface area contributed by atoms with Crippen molar-refractivity contribution in [2.45, 2.75) is 12.5 Å². The molecule has 0 aromatic heterocycles. The fourth-order valence-electron chi connectivity index (χ4n) is 2.06. The first-order valence-corrected chi connectivity index (χ1v) is 7.91. The predicted molar refractivity (Wildman–Crippen MR) is 95.2 cm³/mol. The highest BCUT2D eigenvalue weighted by molar-refractivity contribution is 6.42. The second kappa shape index (κ2) is 8.52. The minimum atomic E-state index is -1.09. The third-order valence-corrected chi connectivity index (χ3v) is 4.01. The van der Waals surface area contributed by atoms with Crippen LogP contribution in [-0.4, -0.2) is 23.0 Å². The number of carbonyl (C=O) groups excluding carboxylic acids is 1. The van der Waals surface area contributed by atoms with Crippen molar-refractivity contribution in [3.8, 4) is 0 Å². The third kappa shape index (κ3) is 5.41. The van der Waals surface area contributed by atoms with Crippen LogP contribution in [0, 0.1) is 0 Å². The number of amides is 1. The Labute approximate surface area is 149 Å². The molecule has 1 atom stereocenters. The molecular weight excluding hydrogens is 349 g/mol. The van der Waals surface area contributed by atoms with E-state index in [1.165, 1.54) is 6.08 Å². The summed E-state index contributed by atoms with van der Waals surface area (Å²) in [5, 5.41) is 12.5. The van der Waals surface area contributed by atoms with Crippen LogP contribution in [0.2, 0.25) is 10.0 Å². The Morgan fingerprint density at radius 2 is 1.79 bits per heavy atom. The topological polar surface area (TPSA) is 66.4 Å². The molecule has 24 heavy (non-hydrogen) atoms. The van der Waals surface area contributed by atoms with Gasteiger partial charge in [0.25, 0.3) is 0 Å². The predicted octanol–water partition coefficient (Wildman–Crippen LogP) is 3.82. The van der Waals surface area contributed by atoms with E-state index in [9.17, 15) is 14.7 Å². The van der Waals surface area contributed by atoms with Crippen molar-refractivity contribution < 1.29 is 14.7 Å². The molecule has 0 saturated carbocycles. The largest absolute Gasteiger partial charge is 0.480 e. The molecule has 0 aliphatic rings. The van der Waals surface area contributed by atoms with Gasteiger partial charge in [0, 0.05) is 12.5 Å². The van der Waals surface area contributed by atoms with Gasteiger partial charge in [-0.1, -0.05) is 59.6 Å². The molecule has 4 nitrogen and oxygen atoms in total. The third-order valence-electron chi connectivity index (χ3n) is 3.27. The van der Waals surface area contributed by atoms with Gasteiger partial charge < -0.3 is 10.4 Å². The van der Waals surface area contributed by atoms with Crippen LogP contribution in [0.5, 0.6) is 0 Å². The number of nitrogens with one attached hydrogen (secondary N) is 1. The maximum atomic E-state index is 12.0. The Hall–Kier alpha value is -2.30. The number of hydrogen-bond donors (Lipinski definition) is 2. The first-order valence-electron chi connectivity index (χ1n) is 7.16. The van der Waals surface area contributed by atoms with E-state index >= 15 is 0 Å². The summed E-state index contributed by atoms with van der Waals surface area (Å²) in [5.74, 6) is -1.58. The number of rotatable bonds is 6. The highest BCUT2D eigenvalue weighted by Crippen LogP contribution is 2.23. The summed E-state index contributed by atoms with van der Waals surface area (Å²) in [4.78, 5) is 23.3. The van der Waals surface area contributed by atoms with Crippen LogP contribution in [0.25, 0.3) is 6.08 Å². The van der Waals surface area contributed by atoms with Crippen molar-refractivity contribution in [2.24, 2.45) is 0 Å². The molecule has 0 unspecified atom stereocenters. The summed E-state index contributed by atoms with van der Waals surface area (Å²) in [6.45, 7) is 0. The van der Waals surface area contributed by atoms with Gasteiger partial charge in [0.05, 0.1) is 10.0 Å². The second-order valence-electron chi connectivity index (χ2n) is 5.10. The number of halogens is 2. The molecule has 1 amide bonds. The lowest BCUT2D eigenvalue weighted by atomic mass is 10.1. The van der Waals surface area contributed by atoms with Crippen LogP contribution < -0.4 is 5.32 Å². The average molecular weight is 364 g/mol. The monoisotopic (exact) mass is 363 g/mol. The maximum Gasteiger partial charge on any atom is 0.326 e. The van der Waals surface area contributed by atoms with Crippen LogP contribution in [-0.2, 0) is 16.0 Å². The second-order valence-corrected chi connectivity index (χ2v) is 5.91. The van der Waals surface area contributed by atoms with Crippen molar-refractivity contribution in [2.75, 3.05) is 0 Å². The van der Waals surface area contributed by atoms with Crippen molar-refractivity contribution in [3.05, 3.63) is 75.8 Å². The molecule has 0 radical (unpaired) electrons. The van der Waals surface area contributed by atoms with Crippen molar-refractivity contribution in [1.82, 2.24) is 5.32 Å². The molecule has 2 aromatic rings. The van der Waals surface area contributed by atoms with Crippen molar-refractivity contribution in [1.29, 1.82) is 0 Å². The molecule has 0 aliphatic heterocycles. The summed E-state index contributed by atoms with van der Waals surface area (Å²) in [6, 6.07) is 13.1. The lowest BCUT2D eigenvalue weighted by Gasteiger charge is -2.13.